The third-order valence-corrected chi connectivity index (χ3v) is 1.19. The predicted molar refractivity (Wildman–Crippen MR) is 38.1 cm³/mol. The maximum Gasteiger partial charge on any atom is 0.358 e. The minimum Gasteiger partial charge on any atom is -0.464 e. The molecule has 1 aromatic heterocycles. The van der Waals surface area contributed by atoms with Crippen LogP contribution in [0.3, 0.4) is 0 Å². The van der Waals surface area contributed by atoms with Crippen LogP contribution in [-0.4, -0.2) is 23.3 Å². The molecule has 0 aliphatic heterocycles. The van der Waals surface area contributed by atoms with Gasteiger partial charge in [-0.3, -0.25) is 0 Å². The highest BCUT2D eigenvalue weighted by molar-refractivity contribution is 5.86. The van der Waals surface area contributed by atoms with Gasteiger partial charge in [0.2, 0.25) is 0 Å². The van der Waals surface area contributed by atoms with Gasteiger partial charge in [-0.25, -0.2) is 4.79 Å². The van der Waals surface area contributed by atoms with Crippen LogP contribution in [0.1, 0.15) is 16.1 Å². The summed E-state index contributed by atoms with van der Waals surface area (Å²) in [6, 6.07) is 1.62. The largest absolute Gasteiger partial charge is 0.464 e. The van der Waals surface area contributed by atoms with E-state index in [0.29, 0.717) is 0 Å². The Morgan fingerprint density at radius 1 is 1.64 bits per heavy atom. The average Bonchev–Trinajstić information content (AvgIpc) is 2.03. The number of aromatic nitrogens is 2. The molecule has 0 spiro atoms. The van der Waals surface area contributed by atoms with Crippen LogP contribution in [0.15, 0.2) is 12.3 Å². The van der Waals surface area contributed by atoms with Crippen molar-refractivity contribution in [3.05, 3.63) is 23.5 Å². The number of methoxy groups -OCH3 is 1. The third kappa shape index (κ3) is 1.73. The topological polar surface area (TPSA) is 52.1 Å². The summed E-state index contributed by atoms with van der Waals surface area (Å²) in [5.41, 5.74) is 1.13. The molecule has 0 atom stereocenters. The molecule has 1 rings (SSSR count). The first-order chi connectivity index (χ1) is 5.24. The first-order valence-electron chi connectivity index (χ1n) is 3.11. The number of hydrogen-bond acceptors (Lipinski definition) is 4. The lowest BCUT2D eigenvalue weighted by atomic mass is 10.3. The van der Waals surface area contributed by atoms with Crippen molar-refractivity contribution in [2.24, 2.45) is 0 Å². The molecule has 4 heteroatoms. The van der Waals surface area contributed by atoms with Crippen LogP contribution in [0.2, 0.25) is 0 Å². The number of rotatable bonds is 1. The smallest absolute Gasteiger partial charge is 0.358 e. The molecule has 0 N–H and O–H groups in total. The molecule has 1 heterocycles. The summed E-state index contributed by atoms with van der Waals surface area (Å²) >= 11 is 0. The van der Waals surface area contributed by atoms with Gasteiger partial charge in [0, 0.05) is 0 Å². The van der Waals surface area contributed by atoms with Crippen molar-refractivity contribution in [2.75, 3.05) is 7.11 Å². The summed E-state index contributed by atoms with van der Waals surface area (Å²) in [4.78, 5) is 10.8. The molecule has 0 fully saturated rings. The second kappa shape index (κ2) is 3.09. The Bertz CT molecular complexity index is 273. The first kappa shape index (κ1) is 7.65. The molecule has 0 aliphatic carbocycles. The SMILES string of the molecule is COC(=O)c1cc(C)cnn1. The molecule has 0 amide bonds. The van der Waals surface area contributed by atoms with E-state index in [0.717, 1.165) is 5.56 Å². The lowest BCUT2D eigenvalue weighted by molar-refractivity contribution is 0.0592. The Morgan fingerprint density at radius 3 is 2.91 bits per heavy atom. The van der Waals surface area contributed by atoms with Crippen molar-refractivity contribution >= 4 is 5.97 Å². The van der Waals surface area contributed by atoms with Crippen LogP contribution in [0.4, 0.5) is 0 Å². The molecule has 1 aromatic rings. The summed E-state index contributed by atoms with van der Waals surface area (Å²) in [7, 11) is 1.31. The monoisotopic (exact) mass is 152 g/mol. The Balaban J connectivity index is 2.96. The van der Waals surface area contributed by atoms with E-state index < -0.39 is 5.97 Å². The molecule has 0 aliphatic rings. The van der Waals surface area contributed by atoms with E-state index in [1.54, 1.807) is 12.3 Å². The van der Waals surface area contributed by atoms with Gasteiger partial charge in [0.15, 0.2) is 5.69 Å². The van der Waals surface area contributed by atoms with E-state index in [1.165, 1.54) is 7.11 Å². The Kier molecular flexibility index (Phi) is 2.15. The first-order valence-corrected chi connectivity index (χ1v) is 3.11. The zero-order valence-corrected chi connectivity index (χ0v) is 6.37. The highest BCUT2D eigenvalue weighted by Gasteiger charge is 2.06. The van der Waals surface area contributed by atoms with Crippen molar-refractivity contribution < 1.29 is 9.53 Å². The van der Waals surface area contributed by atoms with Crippen LogP contribution in [0.25, 0.3) is 0 Å². The minimum absolute atomic E-state index is 0.243. The molecule has 0 unspecified atom stereocenters. The lowest BCUT2D eigenvalue weighted by Crippen LogP contribution is -2.05. The van der Waals surface area contributed by atoms with Gasteiger partial charge in [0.1, 0.15) is 0 Å². The predicted octanol–water partition coefficient (Wildman–Crippen LogP) is 0.572. The number of nitrogens with zero attached hydrogens (tertiary/aromatic N) is 2. The molecule has 0 aromatic carbocycles. The molecule has 0 saturated carbocycles. The summed E-state index contributed by atoms with van der Waals surface area (Å²) in [6.07, 6.45) is 1.58. The summed E-state index contributed by atoms with van der Waals surface area (Å²) in [5, 5.41) is 7.19. The van der Waals surface area contributed by atoms with E-state index in [9.17, 15) is 4.79 Å². The number of carbonyl (C=O) groups is 1. The maximum atomic E-state index is 10.8. The second-order valence-corrected chi connectivity index (χ2v) is 2.11. The van der Waals surface area contributed by atoms with Gasteiger partial charge in [0.25, 0.3) is 0 Å². The van der Waals surface area contributed by atoms with Crippen LogP contribution < -0.4 is 0 Å². The normalized spacial score (nSPS) is 9.27. The van der Waals surface area contributed by atoms with Gasteiger partial charge in [0.05, 0.1) is 13.3 Å². The van der Waals surface area contributed by atoms with Crippen LogP contribution in [0, 0.1) is 6.92 Å². The third-order valence-electron chi connectivity index (χ3n) is 1.19. The van der Waals surface area contributed by atoms with E-state index in [1.807, 2.05) is 6.92 Å². The zero-order valence-electron chi connectivity index (χ0n) is 6.37. The van der Waals surface area contributed by atoms with Crippen molar-refractivity contribution in [1.29, 1.82) is 0 Å². The fourth-order valence-corrected chi connectivity index (χ4v) is 0.668. The molecule has 58 valence electrons. The second-order valence-electron chi connectivity index (χ2n) is 2.11. The molecule has 11 heavy (non-hydrogen) atoms. The number of aryl methyl sites for hydroxylation is 1. The standard InChI is InChI=1S/C7H8N2O2/c1-5-3-6(7(10)11-2)9-8-4-5/h3-4H,1-2H3. The lowest BCUT2D eigenvalue weighted by Gasteiger charge is -1.96. The van der Waals surface area contributed by atoms with Crippen molar-refractivity contribution in [3.8, 4) is 0 Å². The minimum atomic E-state index is -0.457. The highest BCUT2D eigenvalue weighted by Crippen LogP contribution is 1.98. The fraction of sp³-hybridized carbons (Fsp3) is 0.286. The zero-order chi connectivity index (χ0) is 8.27. The van der Waals surface area contributed by atoms with E-state index >= 15 is 0 Å². The van der Waals surface area contributed by atoms with Crippen LogP contribution >= 0.6 is 0 Å². The van der Waals surface area contributed by atoms with Gasteiger partial charge >= 0.3 is 5.97 Å². The quantitative estimate of drug-likeness (QED) is 0.552. The number of esters is 1. The van der Waals surface area contributed by atoms with E-state index in [-0.39, 0.29) is 5.69 Å². The van der Waals surface area contributed by atoms with E-state index in [2.05, 4.69) is 14.9 Å². The summed E-state index contributed by atoms with van der Waals surface area (Å²) in [6.45, 7) is 1.83. The fourth-order valence-electron chi connectivity index (χ4n) is 0.668. The molecule has 0 radical (unpaired) electrons. The van der Waals surface area contributed by atoms with E-state index in [4.69, 9.17) is 0 Å². The number of hydrogen-bond donors (Lipinski definition) is 0. The molecule has 0 bridgehead atoms. The number of ether oxygens (including phenoxy) is 1. The van der Waals surface area contributed by atoms with Crippen LogP contribution in [0.5, 0.6) is 0 Å². The van der Waals surface area contributed by atoms with Gasteiger partial charge in [-0.05, 0) is 18.6 Å². The summed E-state index contributed by atoms with van der Waals surface area (Å²) < 4.78 is 4.45. The van der Waals surface area contributed by atoms with Gasteiger partial charge in [-0.15, -0.1) is 5.10 Å². The summed E-state index contributed by atoms with van der Waals surface area (Å²) in [5.74, 6) is -0.457. The van der Waals surface area contributed by atoms with Crippen LogP contribution in [-0.2, 0) is 4.74 Å². The van der Waals surface area contributed by atoms with Gasteiger partial charge in [-0.2, -0.15) is 5.10 Å². The maximum absolute atomic E-state index is 10.8. The molecular formula is C7H8N2O2. The average molecular weight is 152 g/mol. The Morgan fingerprint density at radius 2 is 2.36 bits per heavy atom. The molecule has 0 saturated heterocycles. The van der Waals surface area contributed by atoms with Crippen molar-refractivity contribution in [2.45, 2.75) is 6.92 Å². The highest BCUT2D eigenvalue weighted by atomic mass is 16.5. The van der Waals surface area contributed by atoms with Crippen molar-refractivity contribution in [3.63, 3.8) is 0 Å². The van der Waals surface area contributed by atoms with Gasteiger partial charge < -0.3 is 4.74 Å². The van der Waals surface area contributed by atoms with Gasteiger partial charge in [-0.1, -0.05) is 0 Å². The molecular weight excluding hydrogens is 144 g/mol. The Hall–Kier alpha value is -1.45. The number of carbonyl (C=O) groups excluding carboxylic acids is 1. The van der Waals surface area contributed by atoms with Crippen molar-refractivity contribution in [1.82, 2.24) is 10.2 Å². The Labute approximate surface area is 64.2 Å². The molecule has 4 nitrogen and oxygen atoms in total.